The lowest BCUT2D eigenvalue weighted by atomic mass is 9.97. The second-order valence-electron chi connectivity index (χ2n) is 4.24. The van der Waals surface area contributed by atoms with Crippen molar-refractivity contribution in [3.8, 4) is 0 Å². The minimum Gasteiger partial charge on any atom is -0.383 e. The number of rotatable bonds is 3. The van der Waals surface area contributed by atoms with E-state index in [2.05, 4.69) is 0 Å². The molecule has 2 rings (SSSR count). The van der Waals surface area contributed by atoms with Gasteiger partial charge in [-0.1, -0.05) is 35.9 Å². The van der Waals surface area contributed by atoms with E-state index in [9.17, 15) is 9.50 Å². The van der Waals surface area contributed by atoms with Crippen molar-refractivity contribution in [3.05, 3.63) is 63.9 Å². The van der Waals surface area contributed by atoms with E-state index in [0.717, 1.165) is 5.56 Å². The van der Waals surface area contributed by atoms with Gasteiger partial charge in [-0.2, -0.15) is 0 Å². The maximum atomic E-state index is 14.3. The quantitative estimate of drug-likeness (QED) is 0.836. The van der Waals surface area contributed by atoms with Gasteiger partial charge in [0.1, 0.15) is 11.9 Å². The van der Waals surface area contributed by atoms with Crippen LogP contribution in [0.3, 0.4) is 0 Å². The fourth-order valence-corrected chi connectivity index (χ4v) is 2.75. The summed E-state index contributed by atoms with van der Waals surface area (Å²) in [6.45, 7) is 1.88. The van der Waals surface area contributed by atoms with Crippen molar-refractivity contribution in [1.82, 2.24) is 0 Å². The molecule has 2 aromatic carbocycles. The number of hydrogen-bond acceptors (Lipinski definition) is 2. The molecule has 100 valence electrons. The third-order valence-corrected chi connectivity index (χ3v) is 4.15. The molecule has 0 bridgehead atoms. The third-order valence-electron chi connectivity index (χ3n) is 3.07. The zero-order valence-corrected chi connectivity index (χ0v) is 12.2. The molecule has 0 saturated heterocycles. The van der Waals surface area contributed by atoms with Crippen molar-refractivity contribution >= 4 is 23.4 Å². The molecule has 0 aliphatic rings. The zero-order valence-electron chi connectivity index (χ0n) is 10.7. The summed E-state index contributed by atoms with van der Waals surface area (Å²) in [5.74, 6) is -0.448. The summed E-state index contributed by atoms with van der Waals surface area (Å²) in [6.07, 6.45) is 0.733. The zero-order chi connectivity index (χ0) is 14.0. The van der Waals surface area contributed by atoms with Gasteiger partial charge < -0.3 is 5.11 Å². The summed E-state index contributed by atoms with van der Waals surface area (Å²) >= 11 is 7.34. The van der Waals surface area contributed by atoms with Crippen molar-refractivity contribution in [2.24, 2.45) is 0 Å². The van der Waals surface area contributed by atoms with Crippen LogP contribution in [0.2, 0.25) is 5.02 Å². The fourth-order valence-electron chi connectivity index (χ4n) is 2.01. The average Bonchev–Trinajstić information content (AvgIpc) is 2.39. The van der Waals surface area contributed by atoms with Crippen molar-refractivity contribution < 1.29 is 9.50 Å². The lowest BCUT2D eigenvalue weighted by Crippen LogP contribution is -2.06. The van der Waals surface area contributed by atoms with E-state index in [1.165, 1.54) is 11.8 Å². The molecule has 0 aromatic heterocycles. The Labute approximate surface area is 121 Å². The molecule has 0 spiro atoms. The second-order valence-corrected chi connectivity index (χ2v) is 5.49. The Kier molecular flexibility index (Phi) is 4.50. The van der Waals surface area contributed by atoms with Crippen LogP contribution in [-0.4, -0.2) is 11.4 Å². The van der Waals surface area contributed by atoms with Crippen molar-refractivity contribution in [3.63, 3.8) is 0 Å². The number of aliphatic hydroxyl groups is 1. The molecule has 0 fully saturated rings. The van der Waals surface area contributed by atoms with E-state index in [1.54, 1.807) is 24.5 Å². The topological polar surface area (TPSA) is 20.2 Å². The van der Waals surface area contributed by atoms with Gasteiger partial charge in [0.25, 0.3) is 0 Å². The molecule has 19 heavy (non-hydrogen) atoms. The van der Waals surface area contributed by atoms with Crippen LogP contribution in [0.1, 0.15) is 22.8 Å². The van der Waals surface area contributed by atoms with E-state index in [0.29, 0.717) is 10.5 Å². The van der Waals surface area contributed by atoms with Crippen LogP contribution in [0.15, 0.2) is 41.3 Å². The molecule has 0 heterocycles. The van der Waals surface area contributed by atoms with Gasteiger partial charge in [0.05, 0.1) is 0 Å². The highest BCUT2D eigenvalue weighted by Crippen LogP contribution is 2.35. The summed E-state index contributed by atoms with van der Waals surface area (Å²) in [5, 5.41) is 10.7. The van der Waals surface area contributed by atoms with Crippen LogP contribution in [0.5, 0.6) is 0 Å². The lowest BCUT2D eigenvalue weighted by Gasteiger charge is -2.17. The number of hydrogen-bond donors (Lipinski definition) is 1. The molecule has 1 unspecified atom stereocenters. The van der Waals surface area contributed by atoms with Crippen LogP contribution < -0.4 is 0 Å². The van der Waals surface area contributed by atoms with Crippen LogP contribution in [0.4, 0.5) is 4.39 Å². The smallest absolute Gasteiger partial charge is 0.144 e. The monoisotopic (exact) mass is 296 g/mol. The molecule has 1 N–H and O–H groups in total. The highest BCUT2D eigenvalue weighted by atomic mass is 35.5. The van der Waals surface area contributed by atoms with Gasteiger partial charge in [-0.25, -0.2) is 4.39 Å². The maximum absolute atomic E-state index is 14.3. The van der Waals surface area contributed by atoms with Crippen molar-refractivity contribution in [2.45, 2.75) is 17.9 Å². The number of aryl methyl sites for hydroxylation is 1. The average molecular weight is 297 g/mol. The Morgan fingerprint density at radius 3 is 2.53 bits per heavy atom. The summed E-state index contributed by atoms with van der Waals surface area (Å²) in [5.41, 5.74) is 1.71. The molecule has 2 aromatic rings. The van der Waals surface area contributed by atoms with Gasteiger partial charge in [-0.15, -0.1) is 11.8 Å². The third kappa shape index (κ3) is 2.78. The van der Waals surface area contributed by atoms with E-state index in [4.69, 9.17) is 11.6 Å². The highest BCUT2D eigenvalue weighted by Gasteiger charge is 2.22. The molecular formula is C15H14ClFOS. The minimum absolute atomic E-state index is 0.141. The molecule has 0 aliphatic heterocycles. The molecule has 0 aliphatic carbocycles. The van der Waals surface area contributed by atoms with Crippen molar-refractivity contribution in [2.75, 3.05) is 6.26 Å². The Morgan fingerprint density at radius 1 is 1.21 bits per heavy atom. The van der Waals surface area contributed by atoms with Gasteiger partial charge in [0, 0.05) is 15.5 Å². The molecular weight excluding hydrogens is 283 g/mol. The molecule has 0 amide bonds. The van der Waals surface area contributed by atoms with Crippen LogP contribution in [0, 0.1) is 12.7 Å². The van der Waals surface area contributed by atoms with Gasteiger partial charge in [0.15, 0.2) is 0 Å². The normalized spacial score (nSPS) is 12.5. The number of thioether (sulfide) groups is 1. The van der Waals surface area contributed by atoms with Gasteiger partial charge in [-0.05, 0) is 36.4 Å². The van der Waals surface area contributed by atoms with Crippen LogP contribution in [-0.2, 0) is 0 Å². The Bertz CT molecular complexity index is 601. The maximum Gasteiger partial charge on any atom is 0.144 e. The summed E-state index contributed by atoms with van der Waals surface area (Å²) in [7, 11) is 0. The molecule has 0 saturated carbocycles. The van der Waals surface area contributed by atoms with Gasteiger partial charge in [0.2, 0.25) is 0 Å². The minimum atomic E-state index is -1.05. The molecule has 1 nitrogen and oxygen atoms in total. The van der Waals surface area contributed by atoms with Crippen LogP contribution >= 0.6 is 23.4 Å². The lowest BCUT2D eigenvalue weighted by molar-refractivity contribution is 0.213. The van der Waals surface area contributed by atoms with Gasteiger partial charge in [-0.3, -0.25) is 0 Å². The number of halogens is 2. The number of aliphatic hydroxyl groups excluding tert-OH is 1. The van der Waals surface area contributed by atoms with E-state index in [1.807, 2.05) is 25.1 Å². The Hall–Kier alpha value is -1.03. The Morgan fingerprint density at radius 2 is 1.89 bits per heavy atom. The summed E-state index contributed by atoms with van der Waals surface area (Å²) < 4.78 is 14.3. The van der Waals surface area contributed by atoms with Crippen molar-refractivity contribution in [1.29, 1.82) is 0 Å². The fraction of sp³-hybridized carbons (Fsp3) is 0.200. The summed E-state index contributed by atoms with van der Waals surface area (Å²) in [6, 6.07) is 10.6. The molecule has 4 heteroatoms. The van der Waals surface area contributed by atoms with E-state index in [-0.39, 0.29) is 10.6 Å². The first-order valence-corrected chi connectivity index (χ1v) is 7.42. The largest absolute Gasteiger partial charge is 0.383 e. The highest BCUT2D eigenvalue weighted by molar-refractivity contribution is 7.98. The first-order valence-electron chi connectivity index (χ1n) is 5.81. The standard InChI is InChI=1S/C15H14ClFOS/c1-9-5-3-4-6-10(9)15(18)13-11(16)7-8-12(19-2)14(13)17/h3-8,15,18H,1-2H3. The Balaban J connectivity index is 2.56. The summed E-state index contributed by atoms with van der Waals surface area (Å²) in [4.78, 5) is 0.479. The van der Waals surface area contributed by atoms with Gasteiger partial charge >= 0.3 is 0 Å². The predicted octanol–water partition coefficient (Wildman–Crippen LogP) is 4.59. The molecule has 0 radical (unpaired) electrons. The van der Waals surface area contributed by atoms with Crippen LogP contribution in [0.25, 0.3) is 0 Å². The van der Waals surface area contributed by atoms with E-state index >= 15 is 0 Å². The second kappa shape index (κ2) is 5.95. The number of benzene rings is 2. The molecule has 1 atom stereocenters. The SMILES string of the molecule is CSc1ccc(Cl)c(C(O)c2ccccc2C)c1F. The first-order chi connectivity index (χ1) is 9.06. The predicted molar refractivity (Wildman–Crippen MR) is 78.4 cm³/mol. The van der Waals surface area contributed by atoms with E-state index < -0.39 is 11.9 Å². The first kappa shape index (κ1) is 14.4.